The van der Waals surface area contributed by atoms with Crippen LogP contribution in [0.2, 0.25) is 0 Å². The minimum Gasteiger partial charge on any atom is -0.457 e. The molecule has 0 N–H and O–H groups in total. The summed E-state index contributed by atoms with van der Waals surface area (Å²) in [6, 6.07) is 20.5. The van der Waals surface area contributed by atoms with E-state index in [-0.39, 0.29) is 0 Å². The summed E-state index contributed by atoms with van der Waals surface area (Å²) in [4.78, 5) is 0. The molecular weight excluding hydrogens is 232 g/mol. The van der Waals surface area contributed by atoms with Gasteiger partial charge in [-0.1, -0.05) is 42.0 Å². The van der Waals surface area contributed by atoms with Gasteiger partial charge in [-0.3, -0.25) is 0 Å². The largest absolute Gasteiger partial charge is 0.457 e. The average molecular weight is 248 g/mol. The molecular formula is C18H16O. The summed E-state index contributed by atoms with van der Waals surface area (Å²) in [5, 5.41) is 2.51. The van der Waals surface area contributed by atoms with Crippen LogP contribution in [0.4, 0.5) is 0 Å². The number of ether oxygens (including phenoxy) is 1. The first-order valence-electron chi connectivity index (χ1n) is 6.46. The lowest BCUT2D eigenvalue weighted by Crippen LogP contribution is -1.86. The number of benzene rings is 3. The van der Waals surface area contributed by atoms with Crippen molar-refractivity contribution >= 4 is 10.8 Å². The molecule has 3 aromatic carbocycles. The van der Waals surface area contributed by atoms with Crippen LogP contribution < -0.4 is 4.74 Å². The van der Waals surface area contributed by atoms with Crippen molar-refractivity contribution in [3.05, 3.63) is 71.8 Å². The molecule has 1 heteroatoms. The van der Waals surface area contributed by atoms with E-state index in [4.69, 9.17) is 4.74 Å². The fraction of sp³-hybridized carbons (Fsp3) is 0.111. The van der Waals surface area contributed by atoms with Gasteiger partial charge in [0, 0.05) is 0 Å². The molecule has 0 aromatic heterocycles. The third-order valence-corrected chi connectivity index (χ3v) is 3.26. The Labute approximate surface area is 113 Å². The van der Waals surface area contributed by atoms with Gasteiger partial charge in [0.1, 0.15) is 11.5 Å². The van der Waals surface area contributed by atoms with Crippen molar-refractivity contribution < 1.29 is 4.74 Å². The third-order valence-electron chi connectivity index (χ3n) is 3.26. The molecule has 19 heavy (non-hydrogen) atoms. The Bertz CT molecular complexity index is 714. The first kappa shape index (κ1) is 11.8. The molecule has 0 fully saturated rings. The van der Waals surface area contributed by atoms with Crippen molar-refractivity contribution in [1.29, 1.82) is 0 Å². The summed E-state index contributed by atoms with van der Waals surface area (Å²) in [7, 11) is 0. The second-order valence-corrected chi connectivity index (χ2v) is 4.88. The molecule has 0 spiro atoms. The van der Waals surface area contributed by atoms with Gasteiger partial charge >= 0.3 is 0 Å². The Kier molecular flexibility index (Phi) is 2.96. The quantitative estimate of drug-likeness (QED) is 0.602. The lowest BCUT2D eigenvalue weighted by Gasteiger charge is -2.09. The SMILES string of the molecule is Cc1cc(C)c2cc(Oc3ccccc3)ccc2c1. The lowest BCUT2D eigenvalue weighted by molar-refractivity contribution is 0.483. The number of hydrogen-bond donors (Lipinski definition) is 0. The van der Waals surface area contributed by atoms with E-state index in [1.54, 1.807) is 0 Å². The number of fused-ring (bicyclic) bond motifs is 1. The monoisotopic (exact) mass is 248 g/mol. The molecule has 3 aromatic rings. The van der Waals surface area contributed by atoms with Gasteiger partial charge in [0.2, 0.25) is 0 Å². The fourth-order valence-corrected chi connectivity index (χ4v) is 2.40. The molecule has 94 valence electrons. The molecule has 0 saturated heterocycles. The number of hydrogen-bond acceptors (Lipinski definition) is 1. The van der Waals surface area contributed by atoms with Gasteiger partial charge in [-0.05, 0) is 54.4 Å². The molecule has 0 heterocycles. The molecule has 0 unspecified atom stereocenters. The summed E-state index contributed by atoms with van der Waals surface area (Å²) in [6.07, 6.45) is 0. The molecule has 0 aliphatic heterocycles. The van der Waals surface area contributed by atoms with E-state index >= 15 is 0 Å². The predicted octanol–water partition coefficient (Wildman–Crippen LogP) is 5.25. The standard InChI is InChI=1S/C18H16O/c1-13-10-14(2)18-12-17(9-8-15(18)11-13)19-16-6-4-3-5-7-16/h3-12H,1-2H3. The highest BCUT2D eigenvalue weighted by atomic mass is 16.5. The Balaban J connectivity index is 2.02. The van der Waals surface area contributed by atoms with Crippen molar-refractivity contribution in [3.63, 3.8) is 0 Å². The summed E-state index contributed by atoms with van der Waals surface area (Å²) in [6.45, 7) is 4.27. The molecule has 0 aliphatic carbocycles. The molecule has 3 rings (SSSR count). The fourth-order valence-electron chi connectivity index (χ4n) is 2.40. The lowest BCUT2D eigenvalue weighted by atomic mass is 10.0. The maximum absolute atomic E-state index is 5.87. The van der Waals surface area contributed by atoms with Crippen LogP contribution in [0.1, 0.15) is 11.1 Å². The molecule has 0 atom stereocenters. The Morgan fingerprint density at radius 1 is 0.737 bits per heavy atom. The minimum atomic E-state index is 0.867. The zero-order valence-electron chi connectivity index (χ0n) is 11.2. The van der Waals surface area contributed by atoms with E-state index in [1.165, 1.54) is 21.9 Å². The normalized spacial score (nSPS) is 10.6. The van der Waals surface area contributed by atoms with Crippen LogP contribution >= 0.6 is 0 Å². The van der Waals surface area contributed by atoms with Crippen molar-refractivity contribution in [2.45, 2.75) is 13.8 Å². The van der Waals surface area contributed by atoms with Crippen LogP contribution in [0.25, 0.3) is 10.8 Å². The van der Waals surface area contributed by atoms with Crippen LogP contribution in [0, 0.1) is 13.8 Å². The molecule has 0 aliphatic rings. The Hall–Kier alpha value is -2.28. The van der Waals surface area contributed by atoms with Gasteiger partial charge in [-0.2, -0.15) is 0 Å². The van der Waals surface area contributed by atoms with Gasteiger partial charge in [-0.15, -0.1) is 0 Å². The van der Waals surface area contributed by atoms with Gasteiger partial charge in [0.05, 0.1) is 0 Å². The molecule has 0 amide bonds. The average Bonchev–Trinajstić information content (AvgIpc) is 2.40. The first-order valence-corrected chi connectivity index (χ1v) is 6.46. The number of para-hydroxylation sites is 1. The third kappa shape index (κ3) is 2.45. The highest BCUT2D eigenvalue weighted by Crippen LogP contribution is 2.28. The number of aryl methyl sites for hydroxylation is 2. The van der Waals surface area contributed by atoms with Crippen molar-refractivity contribution in [2.24, 2.45) is 0 Å². The van der Waals surface area contributed by atoms with E-state index in [0.29, 0.717) is 0 Å². The predicted molar refractivity (Wildman–Crippen MR) is 79.9 cm³/mol. The highest BCUT2D eigenvalue weighted by molar-refractivity contribution is 5.87. The van der Waals surface area contributed by atoms with Crippen LogP contribution in [0.15, 0.2) is 60.7 Å². The molecule has 0 radical (unpaired) electrons. The zero-order chi connectivity index (χ0) is 13.2. The minimum absolute atomic E-state index is 0.867. The topological polar surface area (TPSA) is 9.23 Å². The van der Waals surface area contributed by atoms with Gasteiger partial charge in [0.25, 0.3) is 0 Å². The van der Waals surface area contributed by atoms with Gasteiger partial charge < -0.3 is 4.74 Å². The van der Waals surface area contributed by atoms with Crippen molar-refractivity contribution in [2.75, 3.05) is 0 Å². The van der Waals surface area contributed by atoms with Crippen LogP contribution in [-0.4, -0.2) is 0 Å². The van der Waals surface area contributed by atoms with Crippen molar-refractivity contribution in [1.82, 2.24) is 0 Å². The van der Waals surface area contributed by atoms with E-state index in [0.717, 1.165) is 11.5 Å². The van der Waals surface area contributed by atoms with E-state index in [2.05, 4.69) is 38.1 Å². The Morgan fingerprint density at radius 3 is 2.32 bits per heavy atom. The zero-order valence-corrected chi connectivity index (χ0v) is 11.2. The molecule has 1 nitrogen and oxygen atoms in total. The smallest absolute Gasteiger partial charge is 0.128 e. The van der Waals surface area contributed by atoms with Gasteiger partial charge in [-0.25, -0.2) is 0 Å². The van der Waals surface area contributed by atoms with Crippen LogP contribution in [-0.2, 0) is 0 Å². The maximum Gasteiger partial charge on any atom is 0.128 e. The maximum atomic E-state index is 5.87. The summed E-state index contributed by atoms with van der Waals surface area (Å²) < 4.78 is 5.87. The van der Waals surface area contributed by atoms with E-state index in [9.17, 15) is 0 Å². The second kappa shape index (κ2) is 4.77. The van der Waals surface area contributed by atoms with Crippen molar-refractivity contribution in [3.8, 4) is 11.5 Å². The first-order chi connectivity index (χ1) is 9.22. The Morgan fingerprint density at radius 2 is 1.53 bits per heavy atom. The van der Waals surface area contributed by atoms with Crippen LogP contribution in [0.3, 0.4) is 0 Å². The van der Waals surface area contributed by atoms with E-state index in [1.807, 2.05) is 36.4 Å². The summed E-state index contributed by atoms with van der Waals surface area (Å²) >= 11 is 0. The number of rotatable bonds is 2. The highest BCUT2D eigenvalue weighted by Gasteiger charge is 2.02. The molecule has 0 bridgehead atoms. The summed E-state index contributed by atoms with van der Waals surface area (Å²) in [5.41, 5.74) is 2.58. The van der Waals surface area contributed by atoms with Gasteiger partial charge in [0.15, 0.2) is 0 Å². The van der Waals surface area contributed by atoms with E-state index < -0.39 is 0 Å². The summed E-state index contributed by atoms with van der Waals surface area (Å²) in [5.74, 6) is 1.75. The van der Waals surface area contributed by atoms with Crippen LogP contribution in [0.5, 0.6) is 11.5 Å². The second-order valence-electron chi connectivity index (χ2n) is 4.88. The molecule has 0 saturated carbocycles.